The molecule has 0 unspecified atom stereocenters. The molecule has 31 heavy (non-hydrogen) atoms. The summed E-state index contributed by atoms with van der Waals surface area (Å²) in [6.45, 7) is 1.30. The number of nitrogens with zero attached hydrogens (tertiary/aromatic N) is 3. The van der Waals surface area contributed by atoms with Gasteiger partial charge in [-0.2, -0.15) is 0 Å². The van der Waals surface area contributed by atoms with Crippen molar-refractivity contribution in [3.63, 3.8) is 0 Å². The standard InChI is InChI=1S/C23H22ClFN4O2/c1-31-21-8-7-19(11-20(21)24)28-22(30)16-5-3-9-29(14-16)23-26-12-17(13-27-23)15-4-2-6-18(25)10-15/h2,4,6-8,10-13,16H,3,5,9,14H2,1H3,(H,28,30)/t16-/m0/s1. The largest absolute Gasteiger partial charge is 0.495 e. The Morgan fingerprint density at radius 2 is 2.00 bits per heavy atom. The fraction of sp³-hybridized carbons (Fsp3) is 0.261. The Hall–Kier alpha value is -3.19. The number of amides is 1. The van der Waals surface area contributed by atoms with Gasteiger partial charge in [-0.3, -0.25) is 4.79 Å². The molecular weight excluding hydrogens is 419 g/mol. The number of carbonyl (C=O) groups is 1. The molecule has 6 nitrogen and oxygen atoms in total. The first-order valence-electron chi connectivity index (χ1n) is 10.0. The van der Waals surface area contributed by atoms with E-state index in [0.29, 0.717) is 29.0 Å². The summed E-state index contributed by atoms with van der Waals surface area (Å²) < 4.78 is 18.6. The third-order valence-corrected chi connectivity index (χ3v) is 5.59. The predicted molar refractivity (Wildman–Crippen MR) is 119 cm³/mol. The zero-order chi connectivity index (χ0) is 21.8. The van der Waals surface area contributed by atoms with Crippen LogP contribution in [-0.4, -0.2) is 36.1 Å². The minimum Gasteiger partial charge on any atom is -0.495 e. The van der Waals surface area contributed by atoms with Gasteiger partial charge in [0.25, 0.3) is 0 Å². The van der Waals surface area contributed by atoms with E-state index in [1.54, 1.807) is 43.8 Å². The number of rotatable bonds is 5. The lowest BCUT2D eigenvalue weighted by Crippen LogP contribution is -2.41. The van der Waals surface area contributed by atoms with Crippen molar-refractivity contribution in [2.24, 2.45) is 5.92 Å². The Bertz CT molecular complexity index is 1080. The number of benzene rings is 2. The predicted octanol–water partition coefficient (Wildman–Crippen LogP) is 4.80. The maximum atomic E-state index is 13.5. The number of methoxy groups -OCH3 is 1. The Morgan fingerprint density at radius 1 is 1.19 bits per heavy atom. The minimum absolute atomic E-state index is 0.0673. The molecule has 2 aromatic carbocycles. The van der Waals surface area contributed by atoms with E-state index >= 15 is 0 Å². The lowest BCUT2D eigenvalue weighted by atomic mass is 9.97. The van der Waals surface area contributed by atoms with Crippen LogP contribution >= 0.6 is 11.6 Å². The molecule has 3 aromatic rings. The number of piperidine rings is 1. The molecule has 0 bridgehead atoms. The first kappa shape index (κ1) is 21.1. The van der Waals surface area contributed by atoms with Crippen molar-refractivity contribution in [2.45, 2.75) is 12.8 Å². The SMILES string of the molecule is COc1ccc(NC(=O)[C@H]2CCCN(c3ncc(-c4cccc(F)c4)cn3)C2)cc1Cl. The maximum Gasteiger partial charge on any atom is 0.229 e. The Morgan fingerprint density at radius 3 is 2.71 bits per heavy atom. The van der Waals surface area contributed by atoms with Crippen LogP contribution in [0.25, 0.3) is 11.1 Å². The fourth-order valence-corrected chi connectivity index (χ4v) is 3.92. The van der Waals surface area contributed by atoms with Gasteiger partial charge in [-0.15, -0.1) is 0 Å². The third-order valence-electron chi connectivity index (χ3n) is 5.29. The molecule has 1 amide bonds. The average Bonchev–Trinajstić information content (AvgIpc) is 2.79. The number of hydrogen-bond acceptors (Lipinski definition) is 5. The summed E-state index contributed by atoms with van der Waals surface area (Å²) in [5.74, 6) is 0.556. The van der Waals surface area contributed by atoms with Crippen molar-refractivity contribution in [1.29, 1.82) is 0 Å². The normalized spacial score (nSPS) is 16.1. The van der Waals surface area contributed by atoms with Gasteiger partial charge in [-0.1, -0.05) is 23.7 Å². The molecule has 0 radical (unpaired) electrons. The second kappa shape index (κ2) is 9.31. The van der Waals surface area contributed by atoms with Gasteiger partial charge in [-0.05, 0) is 48.7 Å². The van der Waals surface area contributed by atoms with Gasteiger partial charge in [0.15, 0.2) is 0 Å². The lowest BCUT2D eigenvalue weighted by Gasteiger charge is -2.32. The summed E-state index contributed by atoms with van der Waals surface area (Å²) in [6, 6.07) is 11.5. The molecule has 0 spiro atoms. The van der Waals surface area contributed by atoms with Gasteiger partial charge in [-0.25, -0.2) is 14.4 Å². The Kier molecular flexibility index (Phi) is 6.32. The van der Waals surface area contributed by atoms with Gasteiger partial charge in [0.05, 0.1) is 18.1 Å². The number of carbonyl (C=O) groups excluding carboxylic acids is 1. The number of anilines is 2. The van der Waals surface area contributed by atoms with Crippen LogP contribution in [0.5, 0.6) is 5.75 Å². The maximum absolute atomic E-state index is 13.5. The van der Waals surface area contributed by atoms with E-state index in [9.17, 15) is 9.18 Å². The van der Waals surface area contributed by atoms with E-state index in [-0.39, 0.29) is 17.6 Å². The highest BCUT2D eigenvalue weighted by molar-refractivity contribution is 6.32. The van der Waals surface area contributed by atoms with Crippen LogP contribution in [0.1, 0.15) is 12.8 Å². The molecule has 1 fully saturated rings. The van der Waals surface area contributed by atoms with Crippen molar-refractivity contribution in [3.05, 3.63) is 65.7 Å². The van der Waals surface area contributed by atoms with Gasteiger partial charge in [0, 0.05) is 36.7 Å². The van der Waals surface area contributed by atoms with Gasteiger partial charge in [0.1, 0.15) is 11.6 Å². The van der Waals surface area contributed by atoms with E-state index in [0.717, 1.165) is 30.5 Å². The van der Waals surface area contributed by atoms with Crippen molar-refractivity contribution >= 4 is 29.1 Å². The molecule has 4 rings (SSSR count). The third kappa shape index (κ3) is 4.94. The number of nitrogens with one attached hydrogen (secondary N) is 1. The lowest BCUT2D eigenvalue weighted by molar-refractivity contribution is -0.120. The van der Waals surface area contributed by atoms with E-state index in [1.807, 2.05) is 11.0 Å². The molecule has 1 aromatic heterocycles. The Labute approximate surface area is 185 Å². The van der Waals surface area contributed by atoms with Gasteiger partial charge in [0.2, 0.25) is 11.9 Å². The molecule has 1 aliphatic heterocycles. The fourth-order valence-electron chi connectivity index (χ4n) is 3.66. The number of halogens is 2. The monoisotopic (exact) mass is 440 g/mol. The molecule has 160 valence electrons. The summed E-state index contributed by atoms with van der Waals surface area (Å²) in [7, 11) is 1.54. The average molecular weight is 441 g/mol. The molecule has 0 aliphatic carbocycles. The van der Waals surface area contributed by atoms with Crippen molar-refractivity contribution in [2.75, 3.05) is 30.4 Å². The van der Waals surface area contributed by atoms with Crippen LogP contribution in [0.15, 0.2) is 54.9 Å². The molecule has 8 heteroatoms. The summed E-state index contributed by atoms with van der Waals surface area (Å²) in [5.41, 5.74) is 2.09. The van der Waals surface area contributed by atoms with Crippen LogP contribution < -0.4 is 15.0 Å². The topological polar surface area (TPSA) is 67.3 Å². The minimum atomic E-state index is -0.301. The zero-order valence-corrected chi connectivity index (χ0v) is 17.8. The van der Waals surface area contributed by atoms with E-state index in [2.05, 4.69) is 15.3 Å². The first-order valence-corrected chi connectivity index (χ1v) is 10.4. The van der Waals surface area contributed by atoms with Crippen LogP contribution in [0.2, 0.25) is 5.02 Å². The van der Waals surface area contributed by atoms with Crippen molar-refractivity contribution in [1.82, 2.24) is 9.97 Å². The molecule has 1 N–H and O–H groups in total. The molecule has 1 atom stereocenters. The van der Waals surface area contributed by atoms with Crippen LogP contribution in [0.3, 0.4) is 0 Å². The van der Waals surface area contributed by atoms with Crippen molar-refractivity contribution in [3.8, 4) is 16.9 Å². The zero-order valence-electron chi connectivity index (χ0n) is 17.0. The molecule has 2 heterocycles. The summed E-state index contributed by atoms with van der Waals surface area (Å²) in [4.78, 5) is 23.7. The highest BCUT2D eigenvalue weighted by Crippen LogP contribution is 2.28. The molecule has 1 saturated heterocycles. The highest BCUT2D eigenvalue weighted by atomic mass is 35.5. The summed E-state index contributed by atoms with van der Waals surface area (Å²) in [6.07, 6.45) is 5.00. The number of hydrogen-bond donors (Lipinski definition) is 1. The van der Waals surface area contributed by atoms with Gasteiger partial charge >= 0.3 is 0 Å². The first-order chi connectivity index (χ1) is 15.0. The second-order valence-corrected chi connectivity index (χ2v) is 7.81. The number of ether oxygens (including phenoxy) is 1. The van der Waals surface area contributed by atoms with E-state index in [1.165, 1.54) is 12.1 Å². The van der Waals surface area contributed by atoms with E-state index in [4.69, 9.17) is 16.3 Å². The smallest absolute Gasteiger partial charge is 0.229 e. The van der Waals surface area contributed by atoms with Gasteiger partial charge < -0.3 is 15.0 Å². The summed E-state index contributed by atoms with van der Waals surface area (Å²) >= 11 is 6.15. The number of aromatic nitrogens is 2. The molecule has 1 aliphatic rings. The van der Waals surface area contributed by atoms with E-state index < -0.39 is 0 Å². The van der Waals surface area contributed by atoms with Crippen LogP contribution in [0, 0.1) is 11.7 Å². The van der Waals surface area contributed by atoms with Crippen LogP contribution in [-0.2, 0) is 4.79 Å². The Balaban J connectivity index is 1.42. The van der Waals surface area contributed by atoms with Crippen molar-refractivity contribution < 1.29 is 13.9 Å². The second-order valence-electron chi connectivity index (χ2n) is 7.41. The molecule has 0 saturated carbocycles. The summed E-state index contributed by atoms with van der Waals surface area (Å²) in [5, 5.41) is 3.37. The molecular formula is C23H22ClFN4O2. The van der Waals surface area contributed by atoms with Crippen LogP contribution in [0.4, 0.5) is 16.0 Å². The highest BCUT2D eigenvalue weighted by Gasteiger charge is 2.27. The quantitative estimate of drug-likeness (QED) is 0.617.